The third-order valence-corrected chi connectivity index (χ3v) is 2.85. The number of ether oxygens (including phenoxy) is 1. The van der Waals surface area contributed by atoms with Crippen LogP contribution < -0.4 is 5.32 Å². The number of unbranched alkanes of at least 4 members (excludes halogenated alkanes) is 1. The van der Waals surface area contributed by atoms with Gasteiger partial charge in [-0.3, -0.25) is 0 Å². The molecule has 1 N–H and O–H groups in total. The summed E-state index contributed by atoms with van der Waals surface area (Å²) in [4.78, 5) is 2.24. The average Bonchev–Trinajstić information content (AvgIpc) is 2.24. The van der Waals surface area contributed by atoms with Crippen molar-refractivity contribution < 1.29 is 4.74 Å². The number of nitrogens with zero attached hydrogens (tertiary/aromatic N) is 1. The molecule has 0 aliphatic carbocycles. The summed E-state index contributed by atoms with van der Waals surface area (Å²) in [5.74, 6) is 0. The van der Waals surface area contributed by atoms with Crippen molar-refractivity contribution in [3.63, 3.8) is 0 Å². The van der Waals surface area contributed by atoms with Gasteiger partial charge >= 0.3 is 0 Å². The van der Waals surface area contributed by atoms with Gasteiger partial charge in [0.1, 0.15) is 0 Å². The van der Waals surface area contributed by atoms with E-state index >= 15 is 0 Å². The van der Waals surface area contributed by atoms with E-state index in [0.29, 0.717) is 6.10 Å². The Bertz CT molecular complexity index is 145. The highest BCUT2D eigenvalue weighted by Gasteiger charge is 2.12. The molecule has 1 atom stereocenters. The molecule has 0 amide bonds. The summed E-state index contributed by atoms with van der Waals surface area (Å²) < 4.78 is 5.65. The zero-order valence-corrected chi connectivity index (χ0v) is 10.3. The van der Waals surface area contributed by atoms with Crippen LogP contribution >= 0.6 is 0 Å². The third-order valence-electron chi connectivity index (χ3n) is 2.85. The Kier molecular flexibility index (Phi) is 6.98. The highest BCUT2D eigenvalue weighted by molar-refractivity contribution is 4.66. The molecular formula is C12H26N2O. The van der Waals surface area contributed by atoms with Gasteiger partial charge in [0.05, 0.1) is 6.10 Å². The van der Waals surface area contributed by atoms with Crippen molar-refractivity contribution in [3.8, 4) is 0 Å². The van der Waals surface area contributed by atoms with E-state index < -0.39 is 0 Å². The Morgan fingerprint density at radius 3 is 2.80 bits per heavy atom. The smallest absolute Gasteiger partial charge is 0.0699 e. The van der Waals surface area contributed by atoms with Crippen molar-refractivity contribution in [1.82, 2.24) is 10.2 Å². The van der Waals surface area contributed by atoms with Crippen molar-refractivity contribution in [3.05, 3.63) is 0 Å². The van der Waals surface area contributed by atoms with E-state index in [1.165, 1.54) is 38.6 Å². The van der Waals surface area contributed by atoms with Crippen molar-refractivity contribution in [1.29, 1.82) is 0 Å². The predicted molar refractivity (Wildman–Crippen MR) is 64.2 cm³/mol. The monoisotopic (exact) mass is 214 g/mol. The van der Waals surface area contributed by atoms with E-state index in [9.17, 15) is 0 Å². The van der Waals surface area contributed by atoms with E-state index in [2.05, 4.69) is 24.3 Å². The van der Waals surface area contributed by atoms with Crippen molar-refractivity contribution in [2.24, 2.45) is 0 Å². The van der Waals surface area contributed by atoms with E-state index in [1.54, 1.807) is 0 Å². The van der Waals surface area contributed by atoms with Crippen LogP contribution in [0.25, 0.3) is 0 Å². The van der Waals surface area contributed by atoms with Gasteiger partial charge in [0, 0.05) is 13.2 Å². The maximum absolute atomic E-state index is 5.65. The van der Waals surface area contributed by atoms with E-state index in [-0.39, 0.29) is 0 Å². The molecular weight excluding hydrogens is 188 g/mol. The molecule has 0 bridgehead atoms. The molecule has 0 aromatic heterocycles. The summed E-state index contributed by atoms with van der Waals surface area (Å²) >= 11 is 0. The lowest BCUT2D eigenvalue weighted by Crippen LogP contribution is -2.32. The Balaban J connectivity index is 1.83. The molecule has 1 heterocycles. The molecule has 15 heavy (non-hydrogen) atoms. The molecule has 0 radical (unpaired) electrons. The topological polar surface area (TPSA) is 24.5 Å². The van der Waals surface area contributed by atoms with E-state index in [1.807, 2.05) is 0 Å². The number of hydrogen-bond acceptors (Lipinski definition) is 3. The van der Waals surface area contributed by atoms with Crippen molar-refractivity contribution in [2.45, 2.75) is 38.2 Å². The quantitative estimate of drug-likeness (QED) is 0.650. The summed E-state index contributed by atoms with van der Waals surface area (Å²) in [6.45, 7) is 4.34. The fourth-order valence-corrected chi connectivity index (χ4v) is 1.91. The molecule has 1 saturated heterocycles. The molecule has 1 rings (SSSR count). The normalized spacial score (nSPS) is 22.2. The zero-order valence-electron chi connectivity index (χ0n) is 10.3. The standard InChI is InChI=1S/C12H26N2O/c1-14(2)9-5-4-8-13-11-12-7-3-6-10-15-12/h12-13H,3-11H2,1-2H3. The molecule has 1 fully saturated rings. The largest absolute Gasteiger partial charge is 0.377 e. The Hall–Kier alpha value is -0.120. The molecule has 0 spiro atoms. The molecule has 0 saturated carbocycles. The Morgan fingerprint density at radius 1 is 1.27 bits per heavy atom. The highest BCUT2D eigenvalue weighted by Crippen LogP contribution is 2.11. The van der Waals surface area contributed by atoms with Gasteiger partial charge in [-0.2, -0.15) is 0 Å². The lowest BCUT2D eigenvalue weighted by atomic mass is 10.1. The first kappa shape index (κ1) is 12.9. The lowest BCUT2D eigenvalue weighted by Gasteiger charge is -2.22. The van der Waals surface area contributed by atoms with E-state index in [4.69, 9.17) is 4.74 Å². The van der Waals surface area contributed by atoms with Gasteiger partial charge in [0.15, 0.2) is 0 Å². The van der Waals surface area contributed by atoms with Crippen LogP contribution in [0.2, 0.25) is 0 Å². The van der Waals surface area contributed by atoms with Gasteiger partial charge < -0.3 is 15.0 Å². The second kappa shape index (κ2) is 8.08. The molecule has 3 heteroatoms. The number of rotatable bonds is 7. The van der Waals surface area contributed by atoms with Gasteiger partial charge in [0.2, 0.25) is 0 Å². The predicted octanol–water partition coefficient (Wildman–Crippen LogP) is 1.49. The van der Waals surface area contributed by atoms with Gasteiger partial charge in [-0.1, -0.05) is 0 Å². The first-order chi connectivity index (χ1) is 7.29. The molecule has 0 aromatic rings. The van der Waals surface area contributed by atoms with Gasteiger partial charge in [-0.25, -0.2) is 0 Å². The van der Waals surface area contributed by atoms with Crippen LogP contribution in [-0.4, -0.2) is 51.3 Å². The van der Waals surface area contributed by atoms with Crippen LogP contribution in [-0.2, 0) is 4.74 Å². The summed E-state index contributed by atoms with van der Waals surface area (Å²) in [7, 11) is 4.26. The summed E-state index contributed by atoms with van der Waals surface area (Å²) in [6.07, 6.45) is 6.86. The Labute approximate surface area is 94.2 Å². The molecule has 3 nitrogen and oxygen atoms in total. The fourth-order valence-electron chi connectivity index (χ4n) is 1.91. The maximum atomic E-state index is 5.65. The molecule has 1 aliphatic heterocycles. The number of hydrogen-bond donors (Lipinski definition) is 1. The first-order valence-corrected chi connectivity index (χ1v) is 6.26. The van der Waals surface area contributed by atoms with Crippen LogP contribution in [0.1, 0.15) is 32.1 Å². The van der Waals surface area contributed by atoms with Crippen LogP contribution in [0.4, 0.5) is 0 Å². The Morgan fingerprint density at radius 2 is 2.13 bits per heavy atom. The van der Waals surface area contributed by atoms with Gasteiger partial charge in [-0.15, -0.1) is 0 Å². The van der Waals surface area contributed by atoms with Gasteiger partial charge in [0.25, 0.3) is 0 Å². The molecule has 1 aliphatic rings. The highest BCUT2D eigenvalue weighted by atomic mass is 16.5. The van der Waals surface area contributed by atoms with Crippen molar-refractivity contribution in [2.75, 3.05) is 40.3 Å². The lowest BCUT2D eigenvalue weighted by molar-refractivity contribution is 0.0170. The summed E-state index contributed by atoms with van der Waals surface area (Å²) in [5.41, 5.74) is 0. The minimum absolute atomic E-state index is 0.479. The van der Waals surface area contributed by atoms with Crippen molar-refractivity contribution >= 4 is 0 Å². The van der Waals surface area contributed by atoms with Crippen LogP contribution in [0.5, 0.6) is 0 Å². The fraction of sp³-hybridized carbons (Fsp3) is 1.00. The van der Waals surface area contributed by atoms with E-state index in [0.717, 1.165) is 19.7 Å². The minimum atomic E-state index is 0.479. The summed E-state index contributed by atoms with van der Waals surface area (Å²) in [6, 6.07) is 0. The second-order valence-corrected chi connectivity index (χ2v) is 4.70. The molecule has 1 unspecified atom stereocenters. The second-order valence-electron chi connectivity index (χ2n) is 4.70. The van der Waals surface area contributed by atoms with Crippen LogP contribution in [0, 0.1) is 0 Å². The third kappa shape index (κ3) is 6.88. The molecule has 90 valence electrons. The molecule has 0 aromatic carbocycles. The minimum Gasteiger partial charge on any atom is -0.377 e. The maximum Gasteiger partial charge on any atom is 0.0699 e. The average molecular weight is 214 g/mol. The summed E-state index contributed by atoms with van der Waals surface area (Å²) in [5, 5.41) is 3.49. The van der Waals surface area contributed by atoms with Crippen LogP contribution in [0.15, 0.2) is 0 Å². The van der Waals surface area contributed by atoms with Crippen LogP contribution in [0.3, 0.4) is 0 Å². The first-order valence-electron chi connectivity index (χ1n) is 6.26. The SMILES string of the molecule is CN(C)CCCCNCC1CCCCO1. The number of nitrogens with one attached hydrogen (secondary N) is 1. The van der Waals surface area contributed by atoms with Gasteiger partial charge in [-0.05, 0) is 59.3 Å². The zero-order chi connectivity index (χ0) is 10.9.